The number of halogens is 1. The number of nitrogens with zero attached hydrogens (tertiary/aromatic N) is 4. The smallest absolute Gasteiger partial charge is 0.283 e. The maximum absolute atomic E-state index is 12.8. The molecule has 4 rings (SSSR count). The van der Waals surface area contributed by atoms with E-state index >= 15 is 0 Å². The van der Waals surface area contributed by atoms with Gasteiger partial charge in [0, 0.05) is 11.1 Å². The third-order valence-corrected chi connectivity index (χ3v) is 4.84. The van der Waals surface area contributed by atoms with Crippen LogP contribution in [0.3, 0.4) is 0 Å². The molecule has 0 fully saturated rings. The topological polar surface area (TPSA) is 100 Å². The Hall–Kier alpha value is -4.11. The Morgan fingerprint density at radius 2 is 1.94 bits per heavy atom. The van der Waals surface area contributed by atoms with Crippen molar-refractivity contribution in [2.75, 3.05) is 19.6 Å². The molecule has 0 saturated carbocycles. The zero-order valence-electron chi connectivity index (χ0n) is 17.2. The summed E-state index contributed by atoms with van der Waals surface area (Å²) in [4.78, 5) is 29.4. The molecule has 0 aliphatic carbocycles. The second kappa shape index (κ2) is 8.94. The molecule has 0 aliphatic rings. The van der Waals surface area contributed by atoms with Crippen molar-refractivity contribution >= 4 is 34.6 Å². The molecule has 0 spiro atoms. The van der Waals surface area contributed by atoms with Gasteiger partial charge in [0.25, 0.3) is 11.5 Å². The van der Waals surface area contributed by atoms with Gasteiger partial charge < -0.3 is 9.47 Å². The van der Waals surface area contributed by atoms with E-state index in [0.717, 1.165) is 10.2 Å². The largest absolute Gasteiger partial charge is 0.493 e. The van der Waals surface area contributed by atoms with Crippen molar-refractivity contribution < 1.29 is 14.3 Å². The van der Waals surface area contributed by atoms with E-state index in [4.69, 9.17) is 21.1 Å². The molecular weight excluding hydrogens is 434 g/mol. The number of hydrogen-bond acceptors (Lipinski definition) is 6. The molecule has 0 bridgehead atoms. The molecule has 2 aromatic heterocycles. The number of aromatic nitrogens is 4. The monoisotopic (exact) mass is 451 g/mol. The molecule has 9 nitrogen and oxygen atoms in total. The van der Waals surface area contributed by atoms with Gasteiger partial charge in [-0.3, -0.25) is 15.0 Å². The Balaban J connectivity index is 1.56. The first kappa shape index (κ1) is 21.1. The maximum Gasteiger partial charge on any atom is 0.283 e. The number of nitrogens with one attached hydrogen (secondary N) is 1. The van der Waals surface area contributed by atoms with Crippen molar-refractivity contribution in [1.29, 1.82) is 0 Å². The summed E-state index contributed by atoms with van der Waals surface area (Å²) in [6, 6.07) is 12.3. The lowest BCUT2D eigenvalue weighted by Gasteiger charge is -2.08. The minimum Gasteiger partial charge on any atom is -0.493 e. The van der Waals surface area contributed by atoms with Crippen LogP contribution in [0.2, 0.25) is 5.02 Å². The van der Waals surface area contributed by atoms with Crippen molar-refractivity contribution in [2.24, 2.45) is 0 Å². The standard InChI is InChI=1S/C22H18ClN5O4/c1-31-18-8-6-14(10-19(18)32-2)7-9-20(29)26-27-13-24-21-17(22(27)30)12-25-28(21)16-5-3-4-15(23)11-16/h3-13H,1-2H3,(H,26,29)/b9-7+. The van der Waals surface area contributed by atoms with Crippen LogP contribution >= 0.6 is 11.6 Å². The van der Waals surface area contributed by atoms with Gasteiger partial charge in [0.15, 0.2) is 17.1 Å². The number of benzene rings is 2. The van der Waals surface area contributed by atoms with E-state index in [1.807, 2.05) is 0 Å². The lowest BCUT2D eigenvalue weighted by atomic mass is 10.2. The number of carbonyl (C=O) groups is 1. The number of methoxy groups -OCH3 is 2. The number of ether oxygens (including phenoxy) is 2. The molecule has 0 aliphatic heterocycles. The minimum absolute atomic E-state index is 0.247. The van der Waals surface area contributed by atoms with Gasteiger partial charge in [0.05, 0.1) is 26.1 Å². The van der Waals surface area contributed by atoms with E-state index in [9.17, 15) is 9.59 Å². The van der Waals surface area contributed by atoms with Crippen molar-refractivity contribution in [3.05, 3.63) is 82.0 Å². The molecule has 0 radical (unpaired) electrons. The number of rotatable bonds is 6. The molecule has 10 heteroatoms. The number of hydrogen-bond donors (Lipinski definition) is 1. The fraction of sp³-hybridized carbons (Fsp3) is 0.0909. The van der Waals surface area contributed by atoms with Gasteiger partial charge in [-0.15, -0.1) is 0 Å². The van der Waals surface area contributed by atoms with Crippen molar-refractivity contribution in [1.82, 2.24) is 19.4 Å². The first-order chi connectivity index (χ1) is 15.5. The lowest BCUT2D eigenvalue weighted by Crippen LogP contribution is -2.32. The Bertz CT molecular complexity index is 1390. The van der Waals surface area contributed by atoms with Crippen LogP contribution in [-0.4, -0.2) is 39.6 Å². The third kappa shape index (κ3) is 4.19. The van der Waals surface area contributed by atoms with Gasteiger partial charge in [-0.05, 0) is 42.0 Å². The molecule has 0 atom stereocenters. The summed E-state index contributed by atoms with van der Waals surface area (Å²) in [5, 5.41) is 5.01. The van der Waals surface area contributed by atoms with Gasteiger partial charge in [-0.2, -0.15) is 5.10 Å². The quantitative estimate of drug-likeness (QED) is 0.452. The normalized spacial score (nSPS) is 11.1. The average Bonchev–Trinajstić information content (AvgIpc) is 3.24. The van der Waals surface area contributed by atoms with Gasteiger partial charge in [0.1, 0.15) is 11.7 Å². The number of carbonyl (C=O) groups excluding carboxylic acids is 1. The van der Waals surface area contributed by atoms with Crippen LogP contribution in [0.5, 0.6) is 11.5 Å². The van der Waals surface area contributed by atoms with Crippen molar-refractivity contribution in [3.8, 4) is 17.2 Å². The fourth-order valence-electron chi connectivity index (χ4n) is 3.07. The van der Waals surface area contributed by atoms with Crippen LogP contribution in [0.25, 0.3) is 22.8 Å². The third-order valence-electron chi connectivity index (χ3n) is 4.61. The Morgan fingerprint density at radius 1 is 1.12 bits per heavy atom. The van der Waals surface area contributed by atoms with E-state index in [2.05, 4.69) is 15.5 Å². The molecule has 2 aromatic carbocycles. The summed E-state index contributed by atoms with van der Waals surface area (Å²) in [6.07, 6.45) is 5.52. The predicted octanol–water partition coefficient (Wildman–Crippen LogP) is 3.04. The second-order valence-corrected chi connectivity index (χ2v) is 7.05. The molecule has 0 saturated heterocycles. The van der Waals surface area contributed by atoms with Crippen molar-refractivity contribution in [2.45, 2.75) is 0 Å². The molecule has 2 heterocycles. The van der Waals surface area contributed by atoms with Crippen LogP contribution in [0.4, 0.5) is 0 Å². The minimum atomic E-state index is -0.509. The Labute approximate surface area is 187 Å². The first-order valence-electron chi connectivity index (χ1n) is 9.42. The van der Waals surface area contributed by atoms with Crippen LogP contribution < -0.4 is 20.5 Å². The number of amides is 1. The van der Waals surface area contributed by atoms with E-state index in [0.29, 0.717) is 27.9 Å². The predicted molar refractivity (Wildman–Crippen MR) is 121 cm³/mol. The van der Waals surface area contributed by atoms with Gasteiger partial charge >= 0.3 is 0 Å². The highest BCUT2D eigenvalue weighted by Gasteiger charge is 2.12. The van der Waals surface area contributed by atoms with Crippen LogP contribution in [0.1, 0.15) is 5.56 Å². The molecule has 1 N–H and O–H groups in total. The molecule has 0 unspecified atom stereocenters. The summed E-state index contributed by atoms with van der Waals surface area (Å²) in [5.41, 5.74) is 3.76. The Kier molecular flexibility index (Phi) is 5.91. The van der Waals surface area contributed by atoms with Crippen molar-refractivity contribution in [3.63, 3.8) is 0 Å². The molecule has 32 heavy (non-hydrogen) atoms. The molecule has 4 aromatic rings. The fourth-order valence-corrected chi connectivity index (χ4v) is 3.26. The summed E-state index contributed by atoms with van der Waals surface area (Å²) in [5.74, 6) is 0.612. The highest BCUT2D eigenvalue weighted by Crippen LogP contribution is 2.28. The molecule has 162 valence electrons. The summed E-state index contributed by atoms with van der Waals surface area (Å²) < 4.78 is 13.0. The highest BCUT2D eigenvalue weighted by molar-refractivity contribution is 6.30. The Morgan fingerprint density at radius 3 is 2.69 bits per heavy atom. The zero-order chi connectivity index (χ0) is 22.7. The van der Waals surface area contributed by atoms with E-state index in [1.54, 1.807) is 55.7 Å². The maximum atomic E-state index is 12.8. The van der Waals surface area contributed by atoms with E-state index in [-0.39, 0.29) is 5.39 Å². The van der Waals surface area contributed by atoms with Gasteiger partial charge in [0.2, 0.25) is 0 Å². The zero-order valence-corrected chi connectivity index (χ0v) is 17.9. The molecule has 1 amide bonds. The average molecular weight is 452 g/mol. The first-order valence-corrected chi connectivity index (χ1v) is 9.80. The SMILES string of the molecule is COc1ccc(/C=C/C(=O)Nn2cnc3c(cnn3-c3cccc(Cl)c3)c2=O)cc1OC. The van der Waals surface area contributed by atoms with Crippen LogP contribution in [-0.2, 0) is 4.79 Å². The van der Waals surface area contributed by atoms with Crippen LogP contribution in [0.15, 0.2) is 65.9 Å². The summed E-state index contributed by atoms with van der Waals surface area (Å²) in [7, 11) is 3.07. The van der Waals surface area contributed by atoms with Gasteiger partial charge in [-0.1, -0.05) is 23.7 Å². The lowest BCUT2D eigenvalue weighted by molar-refractivity contribution is -0.112. The summed E-state index contributed by atoms with van der Waals surface area (Å²) in [6.45, 7) is 0. The summed E-state index contributed by atoms with van der Waals surface area (Å²) >= 11 is 6.04. The molecular formula is C22H18ClN5O4. The second-order valence-electron chi connectivity index (χ2n) is 6.62. The van der Waals surface area contributed by atoms with Gasteiger partial charge in [-0.25, -0.2) is 14.3 Å². The highest BCUT2D eigenvalue weighted by atomic mass is 35.5. The van der Waals surface area contributed by atoms with E-state index < -0.39 is 11.5 Å². The van der Waals surface area contributed by atoms with E-state index in [1.165, 1.54) is 30.4 Å². The number of fused-ring (bicyclic) bond motifs is 1. The van der Waals surface area contributed by atoms with Crippen LogP contribution in [0, 0.1) is 0 Å².